The summed E-state index contributed by atoms with van der Waals surface area (Å²) in [5, 5.41) is 13.0. The number of anilines is 1. The third-order valence-corrected chi connectivity index (χ3v) is 3.71. The second kappa shape index (κ2) is 8.17. The quantitative estimate of drug-likeness (QED) is 0.257. The smallest absolute Gasteiger partial charge is 0.201 e. The van der Waals surface area contributed by atoms with Crippen LogP contribution in [0.25, 0.3) is 0 Å². The molecule has 0 saturated carbocycles. The molecule has 24 heavy (non-hydrogen) atoms. The monoisotopic (exact) mass is 378 g/mol. The number of amidine groups is 1. The molecule has 0 unspecified atom stereocenters. The molecule has 0 saturated heterocycles. The first kappa shape index (κ1) is 16.1. The molecule has 0 atom stereocenters. The molecule has 0 fully saturated rings. The molecule has 3 rings (SSSR count). The Hall–Kier alpha value is -2.79. The van der Waals surface area contributed by atoms with Crippen LogP contribution in [0.1, 0.15) is 5.56 Å². The Balaban J connectivity index is 1.86. The highest BCUT2D eigenvalue weighted by Crippen LogP contribution is 2.18. The second-order valence-corrected chi connectivity index (χ2v) is 5.87. The summed E-state index contributed by atoms with van der Waals surface area (Å²) >= 11 is 3.41. The van der Waals surface area contributed by atoms with Gasteiger partial charge in [-0.15, -0.1) is 10.2 Å². The number of hydrazone groups is 1. The van der Waals surface area contributed by atoms with Crippen LogP contribution in [-0.4, -0.2) is 5.84 Å². The lowest BCUT2D eigenvalue weighted by molar-refractivity contribution is 1.22. The Morgan fingerprint density at radius 1 is 0.750 bits per heavy atom. The van der Waals surface area contributed by atoms with E-state index in [0.29, 0.717) is 5.84 Å². The number of nitrogens with zero attached hydrogens (tertiary/aromatic N) is 3. The number of halogens is 1. The third kappa shape index (κ3) is 4.60. The van der Waals surface area contributed by atoms with Gasteiger partial charge in [0.2, 0.25) is 5.84 Å². The molecular formula is C19H15BrN4. The number of azo groups is 1. The topological polar surface area (TPSA) is 49.1 Å². The van der Waals surface area contributed by atoms with Crippen LogP contribution >= 0.6 is 15.9 Å². The first-order chi connectivity index (χ1) is 11.8. The maximum absolute atomic E-state index is 4.39. The van der Waals surface area contributed by atoms with E-state index >= 15 is 0 Å². The van der Waals surface area contributed by atoms with Gasteiger partial charge in [0.05, 0.1) is 11.4 Å². The highest BCUT2D eigenvalue weighted by molar-refractivity contribution is 9.10. The molecule has 0 amide bonds. The number of rotatable bonds is 4. The zero-order chi connectivity index (χ0) is 16.6. The van der Waals surface area contributed by atoms with Crippen molar-refractivity contribution in [2.24, 2.45) is 15.3 Å². The molecule has 0 spiro atoms. The van der Waals surface area contributed by atoms with Crippen molar-refractivity contribution in [1.29, 1.82) is 0 Å². The Kier molecular flexibility index (Phi) is 5.48. The van der Waals surface area contributed by atoms with Crippen molar-refractivity contribution >= 4 is 33.1 Å². The van der Waals surface area contributed by atoms with Gasteiger partial charge in [-0.25, -0.2) is 0 Å². The summed E-state index contributed by atoms with van der Waals surface area (Å²) in [6, 6.07) is 27.1. The number of hydrogen-bond acceptors (Lipinski definition) is 3. The van der Waals surface area contributed by atoms with Crippen molar-refractivity contribution in [1.82, 2.24) is 0 Å². The van der Waals surface area contributed by atoms with Crippen molar-refractivity contribution in [3.63, 3.8) is 0 Å². The van der Waals surface area contributed by atoms with Gasteiger partial charge in [-0.1, -0.05) is 64.5 Å². The molecule has 118 valence electrons. The summed E-state index contributed by atoms with van der Waals surface area (Å²) in [6.45, 7) is 0. The van der Waals surface area contributed by atoms with Crippen LogP contribution < -0.4 is 5.43 Å². The van der Waals surface area contributed by atoms with Crippen molar-refractivity contribution in [3.8, 4) is 0 Å². The van der Waals surface area contributed by atoms with E-state index in [1.807, 2.05) is 84.9 Å². The Bertz CT molecular complexity index is 828. The molecule has 0 heterocycles. The van der Waals surface area contributed by atoms with Gasteiger partial charge in [0.1, 0.15) is 0 Å². The maximum Gasteiger partial charge on any atom is 0.201 e. The zero-order valence-electron chi connectivity index (χ0n) is 12.8. The molecular weight excluding hydrogens is 364 g/mol. The molecule has 0 aromatic heterocycles. The van der Waals surface area contributed by atoms with E-state index in [-0.39, 0.29) is 0 Å². The van der Waals surface area contributed by atoms with E-state index in [0.717, 1.165) is 21.4 Å². The fourth-order valence-electron chi connectivity index (χ4n) is 1.97. The number of nitrogens with one attached hydrogen (secondary N) is 1. The van der Waals surface area contributed by atoms with Crippen LogP contribution in [-0.2, 0) is 0 Å². The van der Waals surface area contributed by atoms with Gasteiger partial charge in [-0.05, 0) is 36.4 Å². The van der Waals surface area contributed by atoms with Crippen LogP contribution in [0, 0.1) is 0 Å². The minimum absolute atomic E-state index is 0.516. The van der Waals surface area contributed by atoms with Crippen molar-refractivity contribution in [2.45, 2.75) is 0 Å². The Morgan fingerprint density at radius 2 is 1.38 bits per heavy atom. The number of benzene rings is 3. The maximum atomic E-state index is 4.39. The lowest BCUT2D eigenvalue weighted by atomic mass is 10.2. The van der Waals surface area contributed by atoms with Gasteiger partial charge in [0.25, 0.3) is 0 Å². The van der Waals surface area contributed by atoms with Crippen LogP contribution in [0.4, 0.5) is 11.4 Å². The predicted molar refractivity (Wildman–Crippen MR) is 102 cm³/mol. The average molecular weight is 379 g/mol. The lowest BCUT2D eigenvalue weighted by Crippen LogP contribution is -2.00. The summed E-state index contributed by atoms with van der Waals surface area (Å²) in [7, 11) is 0. The van der Waals surface area contributed by atoms with E-state index in [1.54, 1.807) is 0 Å². The molecule has 5 heteroatoms. The largest absolute Gasteiger partial charge is 0.276 e. The van der Waals surface area contributed by atoms with Crippen LogP contribution in [0.3, 0.4) is 0 Å². The summed E-state index contributed by atoms with van der Waals surface area (Å²) in [4.78, 5) is 0. The van der Waals surface area contributed by atoms with E-state index in [4.69, 9.17) is 0 Å². The van der Waals surface area contributed by atoms with Crippen LogP contribution in [0.15, 0.2) is 105 Å². The molecule has 0 aliphatic heterocycles. The van der Waals surface area contributed by atoms with E-state index in [2.05, 4.69) is 36.7 Å². The van der Waals surface area contributed by atoms with Crippen molar-refractivity contribution < 1.29 is 0 Å². The van der Waals surface area contributed by atoms with Crippen molar-refractivity contribution in [3.05, 3.63) is 95.0 Å². The Labute approximate surface area is 149 Å². The molecule has 1 N–H and O–H groups in total. The third-order valence-electron chi connectivity index (χ3n) is 3.18. The number of para-hydroxylation sites is 1. The number of hydrogen-bond donors (Lipinski definition) is 1. The lowest BCUT2D eigenvalue weighted by Gasteiger charge is -2.03. The molecule has 0 aliphatic carbocycles. The van der Waals surface area contributed by atoms with Gasteiger partial charge in [0, 0.05) is 10.0 Å². The second-order valence-electron chi connectivity index (χ2n) is 4.96. The summed E-state index contributed by atoms with van der Waals surface area (Å²) in [5.74, 6) is 0.516. The van der Waals surface area contributed by atoms with Crippen molar-refractivity contribution in [2.75, 3.05) is 5.43 Å². The van der Waals surface area contributed by atoms with E-state index in [1.165, 1.54) is 0 Å². The summed E-state index contributed by atoms with van der Waals surface area (Å²) in [5.41, 5.74) is 5.56. The first-order valence-electron chi connectivity index (χ1n) is 7.43. The summed E-state index contributed by atoms with van der Waals surface area (Å²) < 4.78 is 1.00. The average Bonchev–Trinajstić information content (AvgIpc) is 2.65. The normalized spacial score (nSPS) is 11.6. The standard InChI is InChI=1S/C19H15BrN4/c20-16-11-13-18(14-12-16)22-24-19(15-7-3-1-4-8-15)23-21-17-9-5-2-6-10-17/h1-14,21H/b23-19-,24-22?. The Morgan fingerprint density at radius 3 is 2.04 bits per heavy atom. The molecule has 3 aromatic rings. The fourth-order valence-corrected chi connectivity index (χ4v) is 2.24. The van der Waals surface area contributed by atoms with Gasteiger partial charge < -0.3 is 0 Å². The van der Waals surface area contributed by atoms with E-state index < -0.39 is 0 Å². The highest BCUT2D eigenvalue weighted by atomic mass is 79.9. The highest BCUT2D eigenvalue weighted by Gasteiger charge is 2.02. The minimum atomic E-state index is 0.516. The van der Waals surface area contributed by atoms with E-state index in [9.17, 15) is 0 Å². The summed E-state index contributed by atoms with van der Waals surface area (Å²) in [6.07, 6.45) is 0. The van der Waals surface area contributed by atoms with Crippen LogP contribution in [0.5, 0.6) is 0 Å². The van der Waals surface area contributed by atoms with Crippen LogP contribution in [0.2, 0.25) is 0 Å². The van der Waals surface area contributed by atoms with Gasteiger partial charge in [0.15, 0.2) is 0 Å². The molecule has 3 aromatic carbocycles. The predicted octanol–water partition coefficient (Wildman–Crippen LogP) is 6.01. The minimum Gasteiger partial charge on any atom is -0.276 e. The molecule has 0 aliphatic rings. The van der Waals surface area contributed by atoms with Gasteiger partial charge >= 0.3 is 0 Å². The SMILES string of the molecule is Brc1ccc(N=N/C(=N\Nc2ccccc2)c2ccccc2)cc1. The molecule has 4 nitrogen and oxygen atoms in total. The van der Waals surface area contributed by atoms with Gasteiger partial charge in [-0.3, -0.25) is 5.43 Å². The first-order valence-corrected chi connectivity index (χ1v) is 8.22. The van der Waals surface area contributed by atoms with Gasteiger partial charge in [-0.2, -0.15) is 5.10 Å². The fraction of sp³-hybridized carbons (Fsp3) is 0. The zero-order valence-corrected chi connectivity index (χ0v) is 14.4. The molecule has 0 radical (unpaired) electrons. The molecule has 0 bridgehead atoms.